The lowest BCUT2D eigenvalue weighted by Gasteiger charge is -2.66. The van der Waals surface area contributed by atoms with E-state index in [-0.39, 0.29) is 11.3 Å². The number of aliphatic hydroxyl groups excluding tert-OH is 1. The fourth-order valence-corrected chi connectivity index (χ4v) is 4.29. The fraction of sp³-hybridized carbons (Fsp3) is 1.00. The van der Waals surface area contributed by atoms with Gasteiger partial charge in [-0.2, -0.15) is 0 Å². The second-order valence-corrected chi connectivity index (χ2v) is 8.04. The van der Waals surface area contributed by atoms with E-state index in [1.54, 1.807) is 0 Å². The summed E-state index contributed by atoms with van der Waals surface area (Å²) in [5.41, 5.74) is 5.50. The number of aliphatic hydroxyl groups is 1. The molecule has 0 aromatic rings. The zero-order valence-electron chi connectivity index (χ0n) is 13.5. The van der Waals surface area contributed by atoms with E-state index in [1.807, 2.05) is 6.92 Å². The number of rotatable bonds is 5. The predicted octanol–water partition coefficient (Wildman–Crippen LogP) is 1.58. The summed E-state index contributed by atoms with van der Waals surface area (Å²) in [6, 6.07) is 0. The van der Waals surface area contributed by atoms with Gasteiger partial charge in [0, 0.05) is 5.94 Å². The Kier molecular flexibility index (Phi) is 4.29. The van der Waals surface area contributed by atoms with E-state index in [2.05, 4.69) is 27.7 Å². The highest BCUT2D eigenvalue weighted by molar-refractivity contribution is 6.45. The Hall–Kier alpha value is -0.0951. The maximum atomic E-state index is 10.4. The van der Waals surface area contributed by atoms with Crippen LogP contribution in [0.15, 0.2) is 0 Å². The molecule has 0 heterocycles. The predicted molar refractivity (Wildman–Crippen MR) is 80.9 cm³/mol. The van der Waals surface area contributed by atoms with Gasteiger partial charge in [0.15, 0.2) is 0 Å². The lowest BCUT2D eigenvalue weighted by Crippen LogP contribution is -2.69. The standard InChI is InChI=1S/C15H30BNO3/c1-9(2)6-13(17)16(19)20-15(5)11-7-10(8-12(15)18)14(11,3)4/h9-13,18-19H,6-8,17H2,1-5H3/t10-,11-,12+,13-,15-/m0/s1. The van der Waals surface area contributed by atoms with E-state index < -0.39 is 24.8 Å². The first-order valence-corrected chi connectivity index (χ1v) is 7.88. The Balaban J connectivity index is 2.06. The SMILES string of the molecule is CC(C)C[C@H](N)B(O)O[C@]1(C)[C@H](O)C[C@@H]2C[C@H]1C2(C)C. The summed E-state index contributed by atoms with van der Waals surface area (Å²) >= 11 is 0. The Morgan fingerprint density at radius 2 is 1.90 bits per heavy atom. The van der Waals surface area contributed by atoms with Crippen molar-refractivity contribution in [3.63, 3.8) is 0 Å². The molecule has 3 saturated carbocycles. The molecular weight excluding hydrogens is 253 g/mol. The van der Waals surface area contributed by atoms with E-state index >= 15 is 0 Å². The van der Waals surface area contributed by atoms with Gasteiger partial charge in [-0.3, -0.25) is 0 Å². The number of nitrogens with two attached hydrogens (primary N) is 1. The van der Waals surface area contributed by atoms with Gasteiger partial charge in [-0.25, -0.2) is 0 Å². The summed E-state index contributed by atoms with van der Waals surface area (Å²) in [6.45, 7) is 10.6. The molecule has 0 aromatic heterocycles. The van der Waals surface area contributed by atoms with E-state index in [9.17, 15) is 10.1 Å². The highest BCUT2D eigenvalue weighted by Gasteiger charge is 2.64. The molecule has 4 nitrogen and oxygen atoms in total. The fourth-order valence-electron chi connectivity index (χ4n) is 4.29. The van der Waals surface area contributed by atoms with E-state index in [0.29, 0.717) is 18.3 Å². The molecular formula is C15H30BNO3. The molecule has 5 atom stereocenters. The monoisotopic (exact) mass is 283 g/mol. The minimum absolute atomic E-state index is 0.176. The highest BCUT2D eigenvalue weighted by Crippen LogP contribution is 2.63. The van der Waals surface area contributed by atoms with Crippen LogP contribution in [0.3, 0.4) is 0 Å². The van der Waals surface area contributed by atoms with Crippen LogP contribution in [-0.2, 0) is 4.65 Å². The maximum absolute atomic E-state index is 10.4. The molecule has 5 heteroatoms. The molecule has 0 saturated heterocycles. The Morgan fingerprint density at radius 3 is 2.40 bits per heavy atom. The Morgan fingerprint density at radius 1 is 1.30 bits per heavy atom. The average molecular weight is 283 g/mol. The van der Waals surface area contributed by atoms with Crippen LogP contribution in [0.25, 0.3) is 0 Å². The third-order valence-corrected chi connectivity index (χ3v) is 5.82. The first-order chi connectivity index (χ1) is 9.09. The van der Waals surface area contributed by atoms with Crippen molar-refractivity contribution in [1.29, 1.82) is 0 Å². The van der Waals surface area contributed by atoms with Crippen molar-refractivity contribution in [3.8, 4) is 0 Å². The first-order valence-electron chi connectivity index (χ1n) is 7.88. The molecule has 116 valence electrons. The maximum Gasteiger partial charge on any atom is 0.472 e. The summed E-state index contributed by atoms with van der Waals surface area (Å²) in [4.78, 5) is 0. The second-order valence-electron chi connectivity index (χ2n) is 8.04. The van der Waals surface area contributed by atoms with Gasteiger partial charge in [-0.1, -0.05) is 27.7 Å². The largest absolute Gasteiger partial charge is 0.472 e. The lowest BCUT2D eigenvalue weighted by atomic mass is 9.43. The van der Waals surface area contributed by atoms with Gasteiger partial charge >= 0.3 is 7.12 Å². The van der Waals surface area contributed by atoms with Crippen molar-refractivity contribution in [2.45, 2.75) is 71.5 Å². The van der Waals surface area contributed by atoms with Gasteiger partial charge in [0.25, 0.3) is 0 Å². The van der Waals surface area contributed by atoms with Crippen molar-refractivity contribution in [3.05, 3.63) is 0 Å². The highest BCUT2D eigenvalue weighted by atomic mass is 16.5. The molecule has 3 aliphatic carbocycles. The van der Waals surface area contributed by atoms with Crippen molar-refractivity contribution < 1.29 is 14.8 Å². The molecule has 3 aliphatic rings. The van der Waals surface area contributed by atoms with Crippen molar-refractivity contribution in [2.75, 3.05) is 0 Å². The van der Waals surface area contributed by atoms with E-state index in [0.717, 1.165) is 12.8 Å². The van der Waals surface area contributed by atoms with Gasteiger partial charge in [0.1, 0.15) is 0 Å². The zero-order valence-corrected chi connectivity index (χ0v) is 13.5. The minimum atomic E-state index is -1.01. The molecule has 2 bridgehead atoms. The summed E-state index contributed by atoms with van der Waals surface area (Å²) < 4.78 is 5.92. The van der Waals surface area contributed by atoms with Crippen LogP contribution in [0.2, 0.25) is 0 Å². The van der Waals surface area contributed by atoms with Crippen LogP contribution < -0.4 is 5.73 Å². The zero-order chi connectivity index (χ0) is 15.3. The van der Waals surface area contributed by atoms with E-state index in [4.69, 9.17) is 10.4 Å². The third kappa shape index (κ3) is 2.54. The molecule has 0 amide bonds. The van der Waals surface area contributed by atoms with Crippen LogP contribution in [0, 0.1) is 23.2 Å². The van der Waals surface area contributed by atoms with Crippen molar-refractivity contribution in [2.24, 2.45) is 28.9 Å². The lowest BCUT2D eigenvalue weighted by molar-refractivity contribution is -0.239. The van der Waals surface area contributed by atoms with Crippen LogP contribution in [0.1, 0.15) is 53.9 Å². The molecule has 20 heavy (non-hydrogen) atoms. The van der Waals surface area contributed by atoms with E-state index in [1.165, 1.54) is 0 Å². The Labute approximate surface area is 123 Å². The topological polar surface area (TPSA) is 75.7 Å². The molecule has 3 fully saturated rings. The number of fused-ring (bicyclic) bond motifs is 2. The molecule has 4 N–H and O–H groups in total. The molecule has 0 spiro atoms. The molecule has 0 aliphatic heterocycles. The van der Waals surface area contributed by atoms with Crippen molar-refractivity contribution in [1.82, 2.24) is 0 Å². The third-order valence-electron chi connectivity index (χ3n) is 5.82. The van der Waals surface area contributed by atoms with Gasteiger partial charge in [0.05, 0.1) is 11.7 Å². The van der Waals surface area contributed by atoms with Gasteiger partial charge in [0.2, 0.25) is 0 Å². The normalized spacial score (nSPS) is 40.4. The smallest absolute Gasteiger partial charge is 0.426 e. The second kappa shape index (κ2) is 5.27. The molecule has 0 aromatic carbocycles. The van der Waals surface area contributed by atoms with Gasteiger partial charge in [-0.15, -0.1) is 0 Å². The average Bonchev–Trinajstić information content (AvgIpc) is 2.31. The van der Waals surface area contributed by atoms with Crippen LogP contribution in [-0.4, -0.2) is 34.9 Å². The number of hydrogen-bond donors (Lipinski definition) is 3. The minimum Gasteiger partial charge on any atom is -0.426 e. The van der Waals surface area contributed by atoms with Crippen LogP contribution in [0.5, 0.6) is 0 Å². The van der Waals surface area contributed by atoms with Crippen LogP contribution in [0.4, 0.5) is 0 Å². The Bertz CT molecular complexity index is 363. The first kappa shape index (κ1) is 16.3. The molecule has 3 rings (SSSR count). The van der Waals surface area contributed by atoms with Crippen molar-refractivity contribution >= 4 is 7.12 Å². The van der Waals surface area contributed by atoms with Gasteiger partial charge < -0.3 is 20.5 Å². The molecule has 0 unspecified atom stereocenters. The van der Waals surface area contributed by atoms with Crippen LogP contribution >= 0.6 is 0 Å². The molecule has 0 radical (unpaired) electrons. The summed E-state index contributed by atoms with van der Waals surface area (Å²) in [6.07, 6.45) is 2.03. The summed E-state index contributed by atoms with van der Waals surface area (Å²) in [5, 5.41) is 20.6. The summed E-state index contributed by atoms with van der Waals surface area (Å²) in [5.74, 6) is 0.863. The summed E-state index contributed by atoms with van der Waals surface area (Å²) in [7, 11) is -1.01. The van der Waals surface area contributed by atoms with Gasteiger partial charge in [-0.05, 0) is 49.4 Å². The number of hydrogen-bond acceptors (Lipinski definition) is 4. The quantitative estimate of drug-likeness (QED) is 0.670.